The van der Waals surface area contributed by atoms with E-state index in [4.69, 9.17) is 19.3 Å². The summed E-state index contributed by atoms with van der Waals surface area (Å²) in [4.78, 5) is 0. The van der Waals surface area contributed by atoms with Gasteiger partial charge < -0.3 is 0 Å². The van der Waals surface area contributed by atoms with E-state index in [0.29, 0.717) is 0 Å². The smallest absolute Gasteiger partial charge is 0.0603 e. The van der Waals surface area contributed by atoms with Gasteiger partial charge in [-0.2, -0.15) is 0 Å². The average molecular weight is 256 g/mol. The number of terminal acetylenes is 3. The lowest BCUT2D eigenvalue weighted by atomic mass is 9.95. The van der Waals surface area contributed by atoms with E-state index in [1.807, 2.05) is 30.4 Å². The van der Waals surface area contributed by atoms with Gasteiger partial charge in [-0.25, -0.2) is 0 Å². The quantitative estimate of drug-likeness (QED) is 0.524. The first-order chi connectivity index (χ1) is 9.28. The van der Waals surface area contributed by atoms with Crippen LogP contribution in [0.15, 0.2) is 48.1 Å². The first-order valence-electron chi connectivity index (χ1n) is 5.88. The Morgan fingerprint density at radius 3 is 2.32 bits per heavy atom. The molecule has 0 radical (unpaired) electrons. The molecule has 1 unspecified atom stereocenters. The van der Waals surface area contributed by atoms with E-state index in [9.17, 15) is 0 Å². The van der Waals surface area contributed by atoms with Crippen LogP contribution in [0.4, 0.5) is 0 Å². The Labute approximate surface area is 116 Å². The van der Waals surface area contributed by atoms with Crippen LogP contribution in [0.3, 0.4) is 0 Å². The molecule has 1 heteroatoms. The second kappa shape index (κ2) is 5.88. The van der Waals surface area contributed by atoms with Crippen molar-refractivity contribution in [3.8, 4) is 37.0 Å². The monoisotopic (exact) mass is 256 g/mol. The maximum absolute atomic E-state index is 5.58. The Balaban J connectivity index is 2.43. The van der Waals surface area contributed by atoms with Crippen LogP contribution < -0.4 is 5.19 Å². The fraction of sp³-hybridized carbons (Fsp3) is 0.0556. The van der Waals surface area contributed by atoms with Crippen LogP contribution in [-0.4, -0.2) is 14.3 Å². The van der Waals surface area contributed by atoms with Gasteiger partial charge in [0.25, 0.3) is 0 Å². The van der Waals surface area contributed by atoms with E-state index in [0.717, 1.165) is 11.1 Å². The molecule has 88 valence electrons. The third-order valence-corrected chi connectivity index (χ3v) is 4.65. The van der Waals surface area contributed by atoms with Crippen LogP contribution in [0, 0.1) is 42.9 Å². The third kappa shape index (κ3) is 2.83. The summed E-state index contributed by atoms with van der Waals surface area (Å²) in [5.74, 6) is 8.14. The molecule has 0 saturated heterocycles. The Bertz CT molecular complexity index is 692. The van der Waals surface area contributed by atoms with Gasteiger partial charge in [-0.15, -0.1) is 19.3 Å². The van der Waals surface area contributed by atoms with E-state index in [2.05, 4.69) is 29.9 Å². The fourth-order valence-electron chi connectivity index (χ4n) is 1.93. The molecule has 2 rings (SSSR count). The Morgan fingerprint density at radius 1 is 1.00 bits per heavy atom. The number of allylic oxidation sites excluding steroid dienone is 4. The van der Waals surface area contributed by atoms with E-state index in [1.54, 1.807) is 0 Å². The predicted octanol–water partition coefficient (Wildman–Crippen LogP) is 1.28. The van der Waals surface area contributed by atoms with Crippen molar-refractivity contribution in [3.05, 3.63) is 53.6 Å². The molecule has 0 fully saturated rings. The summed E-state index contributed by atoms with van der Waals surface area (Å²) in [5, 5.41) is 2.42. The zero-order valence-corrected chi connectivity index (χ0v) is 11.6. The zero-order valence-electron chi connectivity index (χ0n) is 10.4. The van der Waals surface area contributed by atoms with Crippen molar-refractivity contribution < 1.29 is 0 Å². The molecule has 0 nitrogen and oxygen atoms in total. The topological polar surface area (TPSA) is 0 Å². The summed E-state index contributed by atoms with van der Waals surface area (Å²) in [5.41, 5.74) is 1.80. The molecule has 19 heavy (non-hydrogen) atoms. The van der Waals surface area contributed by atoms with Gasteiger partial charge in [-0.05, 0) is 28.6 Å². The summed E-state index contributed by atoms with van der Waals surface area (Å²) in [6.07, 6.45) is 22.4. The van der Waals surface area contributed by atoms with Crippen LogP contribution in [0.1, 0.15) is 5.56 Å². The highest BCUT2D eigenvalue weighted by atomic mass is 28.2. The van der Waals surface area contributed by atoms with Crippen LogP contribution in [0.2, 0.25) is 0 Å². The lowest BCUT2D eigenvalue weighted by molar-refractivity contribution is 1.20. The molecule has 0 saturated carbocycles. The molecule has 0 aliphatic heterocycles. The minimum absolute atomic E-state index is 0.0124. The summed E-state index contributed by atoms with van der Waals surface area (Å²) < 4.78 is 0. The van der Waals surface area contributed by atoms with E-state index in [-0.39, 0.29) is 15.0 Å². The standard InChI is InChI=1S/C18H12Si/c1-4-14-10-12-17(13-11-14)19-18-15(5-2)8-7-9-16(18)6-3/h1-3,7-13,15,19H. The van der Waals surface area contributed by atoms with Crippen molar-refractivity contribution >= 4 is 19.5 Å². The highest BCUT2D eigenvalue weighted by Gasteiger charge is 2.14. The minimum Gasteiger partial charge on any atom is -0.119 e. The largest absolute Gasteiger partial charge is 0.119 e. The molecule has 0 heterocycles. The first kappa shape index (κ1) is 12.9. The Morgan fingerprint density at radius 2 is 1.74 bits per heavy atom. The highest BCUT2D eigenvalue weighted by Crippen LogP contribution is 2.13. The van der Waals surface area contributed by atoms with Gasteiger partial charge in [0, 0.05) is 20.3 Å². The van der Waals surface area contributed by atoms with Gasteiger partial charge in [0.05, 0.1) is 5.92 Å². The van der Waals surface area contributed by atoms with Gasteiger partial charge >= 0.3 is 0 Å². The summed E-state index contributed by atoms with van der Waals surface area (Å²) in [6.45, 7) is 0. The van der Waals surface area contributed by atoms with Crippen LogP contribution >= 0.6 is 0 Å². The molecule has 1 aliphatic carbocycles. The zero-order chi connectivity index (χ0) is 13.7. The molecule has 0 aromatic heterocycles. The molecule has 1 aromatic rings. The minimum atomic E-state index is -0.0925. The molecular formula is C18H12Si. The summed E-state index contributed by atoms with van der Waals surface area (Å²) in [7, 11) is -0.0925. The molecule has 0 amide bonds. The lowest BCUT2D eigenvalue weighted by Gasteiger charge is -2.15. The van der Waals surface area contributed by atoms with Gasteiger partial charge in [-0.3, -0.25) is 0 Å². The van der Waals surface area contributed by atoms with Crippen molar-refractivity contribution in [2.24, 2.45) is 5.92 Å². The number of rotatable bonds is 1. The molecule has 0 N–H and O–H groups in total. The highest BCUT2D eigenvalue weighted by molar-refractivity contribution is 6.70. The summed E-state index contributed by atoms with van der Waals surface area (Å²) >= 11 is 0. The van der Waals surface area contributed by atoms with Crippen molar-refractivity contribution in [1.29, 1.82) is 0 Å². The van der Waals surface area contributed by atoms with Gasteiger partial charge in [-0.1, -0.05) is 42.0 Å². The van der Waals surface area contributed by atoms with Gasteiger partial charge in [0.1, 0.15) is 0 Å². The maximum atomic E-state index is 5.58. The van der Waals surface area contributed by atoms with Crippen molar-refractivity contribution in [1.82, 2.24) is 0 Å². The normalized spacial score (nSPS) is 19.1. The van der Waals surface area contributed by atoms with Crippen molar-refractivity contribution in [3.63, 3.8) is 0 Å². The number of benzene rings is 1. The van der Waals surface area contributed by atoms with Crippen LogP contribution in [0.5, 0.6) is 0 Å². The van der Waals surface area contributed by atoms with Gasteiger partial charge in [0.15, 0.2) is 0 Å². The van der Waals surface area contributed by atoms with E-state index < -0.39 is 0 Å². The molecule has 1 atom stereocenters. The third-order valence-electron chi connectivity index (χ3n) is 2.95. The number of hydrogen-bond acceptors (Lipinski definition) is 0. The summed E-state index contributed by atoms with van der Waals surface area (Å²) in [6, 6.07) is 8.01. The first-order valence-corrected chi connectivity index (χ1v) is 7.04. The maximum Gasteiger partial charge on any atom is 0.0603 e. The Kier molecular flexibility index (Phi) is 3.99. The molecule has 0 spiro atoms. The second-order valence-electron chi connectivity index (χ2n) is 4.12. The van der Waals surface area contributed by atoms with Gasteiger partial charge in [0.2, 0.25) is 0 Å². The molecule has 1 aliphatic rings. The number of hydrogen-bond donors (Lipinski definition) is 0. The van der Waals surface area contributed by atoms with Crippen molar-refractivity contribution in [2.45, 2.75) is 0 Å². The average Bonchev–Trinajstić information content (AvgIpc) is 2.48. The molecular weight excluding hydrogens is 244 g/mol. The molecule has 0 bridgehead atoms. The fourth-order valence-corrected chi connectivity index (χ4v) is 3.40. The van der Waals surface area contributed by atoms with Crippen LogP contribution in [0.25, 0.3) is 0 Å². The van der Waals surface area contributed by atoms with Crippen LogP contribution in [-0.2, 0) is 0 Å². The Hall–Kier alpha value is -2.53. The molecule has 1 aromatic carbocycles. The van der Waals surface area contributed by atoms with E-state index >= 15 is 0 Å². The van der Waals surface area contributed by atoms with E-state index in [1.165, 1.54) is 10.4 Å². The SMILES string of the molecule is C#CC1=CC=CC(C#C)C1=[SiH]c1ccc(C#C)cc1. The second-order valence-corrected chi connectivity index (χ2v) is 5.70. The van der Waals surface area contributed by atoms with Crippen molar-refractivity contribution in [2.75, 3.05) is 0 Å². The predicted molar refractivity (Wildman–Crippen MR) is 84.5 cm³/mol. The lowest BCUT2D eigenvalue weighted by Crippen LogP contribution is -2.24.